The van der Waals surface area contributed by atoms with Crippen molar-refractivity contribution in [1.82, 2.24) is 0 Å². The van der Waals surface area contributed by atoms with Crippen LogP contribution in [0.15, 0.2) is 0 Å². The fraction of sp³-hybridized carbons (Fsp3) is 1.00. The average Bonchev–Trinajstić information content (AvgIpc) is 2.14. The van der Waals surface area contributed by atoms with Gasteiger partial charge in [-0.15, -0.1) is 11.6 Å². The quantitative estimate of drug-likeness (QED) is 0.450. The van der Waals surface area contributed by atoms with Gasteiger partial charge in [-0.2, -0.15) is 0 Å². The minimum Gasteiger partial charge on any atom is -0.393 e. The Morgan fingerprint density at radius 2 is 1.62 bits per heavy atom. The first kappa shape index (κ1) is 13.2. The second-order valence-electron chi connectivity index (χ2n) is 3.69. The Morgan fingerprint density at radius 3 is 2.23 bits per heavy atom. The number of hydrogen-bond donors (Lipinski definition) is 1. The molecule has 0 spiro atoms. The van der Waals surface area contributed by atoms with Gasteiger partial charge >= 0.3 is 0 Å². The topological polar surface area (TPSA) is 20.2 Å². The van der Waals surface area contributed by atoms with E-state index in [1.165, 1.54) is 32.1 Å². The second kappa shape index (κ2) is 10.3. The van der Waals surface area contributed by atoms with Crippen molar-refractivity contribution in [3.05, 3.63) is 0 Å². The van der Waals surface area contributed by atoms with Gasteiger partial charge in [-0.05, 0) is 19.3 Å². The lowest BCUT2D eigenvalue weighted by atomic mass is 10.1. The summed E-state index contributed by atoms with van der Waals surface area (Å²) in [5.41, 5.74) is 0. The maximum absolute atomic E-state index is 9.48. The number of aliphatic hydroxyl groups is 1. The Bertz CT molecular complexity index is 96.1. The smallest absolute Gasteiger partial charge is 0.0540 e. The van der Waals surface area contributed by atoms with E-state index in [2.05, 4.69) is 6.92 Å². The van der Waals surface area contributed by atoms with Crippen LogP contribution in [0.3, 0.4) is 0 Å². The van der Waals surface area contributed by atoms with Crippen molar-refractivity contribution >= 4 is 11.6 Å². The molecule has 0 radical (unpaired) electrons. The van der Waals surface area contributed by atoms with Gasteiger partial charge < -0.3 is 5.11 Å². The summed E-state index contributed by atoms with van der Waals surface area (Å²) in [6.07, 6.45) is 9.04. The van der Waals surface area contributed by atoms with E-state index in [0.717, 1.165) is 19.3 Å². The van der Waals surface area contributed by atoms with Crippen molar-refractivity contribution in [2.45, 2.75) is 64.4 Å². The summed E-state index contributed by atoms with van der Waals surface area (Å²) >= 11 is 5.54. The summed E-state index contributed by atoms with van der Waals surface area (Å²) in [5, 5.41) is 9.48. The Morgan fingerprint density at radius 1 is 1.00 bits per heavy atom. The number of rotatable bonds is 9. The molecule has 0 aliphatic heterocycles. The van der Waals surface area contributed by atoms with Crippen LogP contribution < -0.4 is 0 Å². The van der Waals surface area contributed by atoms with E-state index >= 15 is 0 Å². The molecule has 1 nitrogen and oxygen atoms in total. The van der Waals surface area contributed by atoms with Crippen LogP contribution in [-0.4, -0.2) is 17.1 Å². The van der Waals surface area contributed by atoms with Gasteiger partial charge in [0.15, 0.2) is 0 Å². The minimum atomic E-state index is -0.111. The van der Waals surface area contributed by atoms with Crippen LogP contribution >= 0.6 is 11.6 Å². The highest BCUT2D eigenvalue weighted by Crippen LogP contribution is 2.10. The van der Waals surface area contributed by atoms with Crippen LogP contribution in [0.4, 0.5) is 0 Å². The van der Waals surface area contributed by atoms with Crippen molar-refractivity contribution in [1.29, 1.82) is 0 Å². The zero-order chi connectivity index (χ0) is 9.94. The molecule has 0 heterocycles. The maximum atomic E-state index is 9.48. The fourth-order valence-corrected chi connectivity index (χ4v) is 1.59. The van der Waals surface area contributed by atoms with Gasteiger partial charge in [0.2, 0.25) is 0 Å². The molecule has 0 rings (SSSR count). The first-order chi connectivity index (χ1) is 6.31. The van der Waals surface area contributed by atoms with Crippen molar-refractivity contribution in [2.24, 2.45) is 0 Å². The van der Waals surface area contributed by atoms with Crippen molar-refractivity contribution in [2.75, 3.05) is 5.88 Å². The summed E-state index contributed by atoms with van der Waals surface area (Å²) in [6, 6.07) is 0. The normalized spacial score (nSPS) is 13.2. The average molecular weight is 207 g/mol. The van der Waals surface area contributed by atoms with E-state index in [9.17, 15) is 5.11 Å². The lowest BCUT2D eigenvalue weighted by Gasteiger charge is -2.08. The largest absolute Gasteiger partial charge is 0.393 e. The zero-order valence-corrected chi connectivity index (χ0v) is 9.52. The lowest BCUT2D eigenvalue weighted by Crippen LogP contribution is -2.06. The number of hydrogen-bond acceptors (Lipinski definition) is 1. The monoisotopic (exact) mass is 206 g/mol. The minimum absolute atomic E-state index is 0.111. The summed E-state index contributed by atoms with van der Waals surface area (Å²) in [5.74, 6) is 0.674. The van der Waals surface area contributed by atoms with Crippen LogP contribution in [-0.2, 0) is 0 Å². The van der Waals surface area contributed by atoms with Gasteiger partial charge in [0.05, 0.1) is 6.10 Å². The Hall–Kier alpha value is 0.250. The maximum Gasteiger partial charge on any atom is 0.0540 e. The van der Waals surface area contributed by atoms with Crippen LogP contribution in [0.5, 0.6) is 0 Å². The molecular weight excluding hydrogens is 184 g/mol. The molecule has 1 N–H and O–H groups in total. The van der Waals surface area contributed by atoms with Gasteiger partial charge in [-0.3, -0.25) is 0 Å². The summed E-state index contributed by atoms with van der Waals surface area (Å²) < 4.78 is 0. The van der Waals surface area contributed by atoms with Crippen molar-refractivity contribution in [3.63, 3.8) is 0 Å². The van der Waals surface area contributed by atoms with E-state index in [1.807, 2.05) is 0 Å². The first-order valence-electron chi connectivity index (χ1n) is 5.55. The van der Waals surface area contributed by atoms with Gasteiger partial charge in [0.25, 0.3) is 0 Å². The SMILES string of the molecule is CCCCCCCC(O)CCCCl. The molecule has 0 aromatic heterocycles. The molecule has 0 amide bonds. The number of halogens is 1. The van der Waals surface area contributed by atoms with E-state index in [1.54, 1.807) is 0 Å². The second-order valence-corrected chi connectivity index (χ2v) is 4.07. The molecule has 0 fully saturated rings. The zero-order valence-electron chi connectivity index (χ0n) is 8.77. The Kier molecular flexibility index (Phi) is 10.5. The molecule has 1 atom stereocenters. The van der Waals surface area contributed by atoms with Crippen molar-refractivity contribution < 1.29 is 5.11 Å². The van der Waals surface area contributed by atoms with Gasteiger partial charge in [0.1, 0.15) is 0 Å². The van der Waals surface area contributed by atoms with Crippen LogP contribution in [0.25, 0.3) is 0 Å². The van der Waals surface area contributed by atoms with Gasteiger partial charge in [0, 0.05) is 5.88 Å². The molecule has 2 heteroatoms. The number of alkyl halides is 1. The summed E-state index contributed by atoms with van der Waals surface area (Å²) in [4.78, 5) is 0. The number of aliphatic hydroxyl groups excluding tert-OH is 1. The molecular formula is C11H23ClO. The fourth-order valence-electron chi connectivity index (χ4n) is 1.44. The summed E-state index contributed by atoms with van der Waals surface area (Å²) in [7, 11) is 0. The molecule has 0 aromatic rings. The van der Waals surface area contributed by atoms with E-state index in [-0.39, 0.29) is 6.10 Å². The summed E-state index contributed by atoms with van der Waals surface area (Å²) in [6.45, 7) is 2.22. The molecule has 0 saturated carbocycles. The lowest BCUT2D eigenvalue weighted by molar-refractivity contribution is 0.150. The Balaban J connectivity index is 3.03. The van der Waals surface area contributed by atoms with Crippen LogP contribution in [0, 0.1) is 0 Å². The highest BCUT2D eigenvalue weighted by atomic mass is 35.5. The highest BCUT2D eigenvalue weighted by Gasteiger charge is 2.02. The van der Waals surface area contributed by atoms with E-state index in [4.69, 9.17) is 11.6 Å². The van der Waals surface area contributed by atoms with Gasteiger partial charge in [-0.25, -0.2) is 0 Å². The third-order valence-electron chi connectivity index (χ3n) is 2.31. The number of unbranched alkanes of at least 4 members (excludes halogenated alkanes) is 4. The van der Waals surface area contributed by atoms with Gasteiger partial charge in [-0.1, -0.05) is 39.0 Å². The predicted octanol–water partition coefficient (Wildman–Crippen LogP) is 3.73. The molecule has 80 valence electrons. The molecule has 0 aliphatic rings. The van der Waals surface area contributed by atoms with Crippen molar-refractivity contribution in [3.8, 4) is 0 Å². The third kappa shape index (κ3) is 10.2. The van der Waals surface area contributed by atoms with E-state index < -0.39 is 0 Å². The molecule has 0 saturated heterocycles. The van der Waals surface area contributed by atoms with Crippen LogP contribution in [0.1, 0.15) is 58.3 Å². The van der Waals surface area contributed by atoms with Crippen LogP contribution in [0.2, 0.25) is 0 Å². The highest BCUT2D eigenvalue weighted by molar-refractivity contribution is 6.17. The molecule has 0 aromatic carbocycles. The molecule has 1 unspecified atom stereocenters. The molecule has 0 bridgehead atoms. The molecule has 0 aliphatic carbocycles. The predicted molar refractivity (Wildman–Crippen MR) is 59.3 cm³/mol. The third-order valence-corrected chi connectivity index (χ3v) is 2.58. The Labute approximate surface area is 87.5 Å². The first-order valence-corrected chi connectivity index (χ1v) is 6.08. The van der Waals surface area contributed by atoms with E-state index in [0.29, 0.717) is 5.88 Å². The molecule has 13 heavy (non-hydrogen) atoms. The standard InChI is InChI=1S/C11H23ClO/c1-2-3-4-5-6-8-11(13)9-7-10-12/h11,13H,2-10H2,1H3.